The van der Waals surface area contributed by atoms with Crippen molar-refractivity contribution < 1.29 is 4.42 Å². The van der Waals surface area contributed by atoms with Gasteiger partial charge in [0.2, 0.25) is 0 Å². The van der Waals surface area contributed by atoms with Gasteiger partial charge >= 0.3 is 0 Å². The Kier molecular flexibility index (Phi) is 3.41. The van der Waals surface area contributed by atoms with Crippen molar-refractivity contribution in [2.24, 2.45) is 5.92 Å². The van der Waals surface area contributed by atoms with Crippen molar-refractivity contribution in [2.75, 3.05) is 6.54 Å². The maximum atomic E-state index is 5.48. The summed E-state index contributed by atoms with van der Waals surface area (Å²) in [5, 5.41) is 3.46. The Morgan fingerprint density at radius 3 is 3.13 bits per heavy atom. The first-order valence-electron chi connectivity index (χ1n) is 5.90. The van der Waals surface area contributed by atoms with E-state index in [4.69, 9.17) is 4.42 Å². The van der Waals surface area contributed by atoms with E-state index in [2.05, 4.69) is 24.1 Å². The first kappa shape index (κ1) is 10.7. The molecule has 2 heterocycles. The van der Waals surface area contributed by atoms with Gasteiger partial charge < -0.3 is 9.73 Å². The summed E-state index contributed by atoms with van der Waals surface area (Å²) in [5.74, 6) is 1.54. The highest BCUT2D eigenvalue weighted by Gasteiger charge is 2.17. The molecule has 1 N–H and O–H groups in total. The highest BCUT2D eigenvalue weighted by Crippen LogP contribution is 2.13. The Morgan fingerprint density at radius 1 is 1.60 bits per heavy atom. The molecule has 0 aliphatic carbocycles. The maximum Gasteiger partial charge on any atom is 0.195 e. The largest absolute Gasteiger partial charge is 0.449 e. The third-order valence-corrected chi connectivity index (χ3v) is 2.80. The van der Waals surface area contributed by atoms with Gasteiger partial charge in [-0.25, -0.2) is 4.98 Å². The molecule has 1 aromatic heterocycles. The SMILES string of the molecule is CC(C)Cc1coc(CC2CCCN2)n1. The van der Waals surface area contributed by atoms with Crippen molar-refractivity contribution in [3.05, 3.63) is 17.8 Å². The van der Waals surface area contributed by atoms with Gasteiger partial charge in [0.05, 0.1) is 5.69 Å². The predicted octanol–water partition coefficient (Wildman–Crippen LogP) is 2.17. The van der Waals surface area contributed by atoms with E-state index < -0.39 is 0 Å². The van der Waals surface area contributed by atoms with Crippen LogP contribution in [0.5, 0.6) is 0 Å². The summed E-state index contributed by atoms with van der Waals surface area (Å²) in [6.45, 7) is 5.55. The molecule has 15 heavy (non-hydrogen) atoms. The Morgan fingerprint density at radius 2 is 2.47 bits per heavy atom. The number of hydrogen-bond donors (Lipinski definition) is 1. The average Bonchev–Trinajstić information content (AvgIpc) is 2.77. The van der Waals surface area contributed by atoms with E-state index in [1.54, 1.807) is 0 Å². The van der Waals surface area contributed by atoms with Crippen molar-refractivity contribution in [3.63, 3.8) is 0 Å². The van der Waals surface area contributed by atoms with E-state index in [0.717, 1.165) is 31.0 Å². The summed E-state index contributed by atoms with van der Waals surface area (Å²) in [7, 11) is 0. The Labute approximate surface area is 91.3 Å². The first-order chi connectivity index (χ1) is 7.24. The van der Waals surface area contributed by atoms with Crippen molar-refractivity contribution in [3.8, 4) is 0 Å². The van der Waals surface area contributed by atoms with Crippen LogP contribution in [-0.4, -0.2) is 17.6 Å². The summed E-state index contributed by atoms with van der Waals surface area (Å²) in [4.78, 5) is 4.51. The first-order valence-corrected chi connectivity index (χ1v) is 5.90. The van der Waals surface area contributed by atoms with Gasteiger partial charge in [0.25, 0.3) is 0 Å². The predicted molar refractivity (Wildman–Crippen MR) is 59.8 cm³/mol. The Balaban J connectivity index is 1.88. The van der Waals surface area contributed by atoms with Crippen LogP contribution >= 0.6 is 0 Å². The number of hydrogen-bond acceptors (Lipinski definition) is 3. The molecule has 1 saturated heterocycles. The van der Waals surface area contributed by atoms with E-state index in [1.165, 1.54) is 12.8 Å². The normalized spacial score (nSPS) is 21.4. The molecule has 0 bridgehead atoms. The van der Waals surface area contributed by atoms with Gasteiger partial charge in [-0.3, -0.25) is 0 Å². The lowest BCUT2D eigenvalue weighted by Crippen LogP contribution is -2.23. The van der Waals surface area contributed by atoms with Crippen LogP contribution in [0.15, 0.2) is 10.7 Å². The molecule has 1 aliphatic rings. The van der Waals surface area contributed by atoms with Gasteiger partial charge in [-0.05, 0) is 31.7 Å². The fourth-order valence-electron chi connectivity index (χ4n) is 2.10. The molecule has 0 aromatic carbocycles. The third-order valence-electron chi connectivity index (χ3n) is 2.80. The van der Waals surface area contributed by atoms with Gasteiger partial charge in [-0.2, -0.15) is 0 Å². The molecule has 1 atom stereocenters. The average molecular weight is 208 g/mol. The van der Waals surface area contributed by atoms with Gasteiger partial charge in [0.15, 0.2) is 5.89 Å². The van der Waals surface area contributed by atoms with Gasteiger partial charge in [0.1, 0.15) is 6.26 Å². The minimum atomic E-state index is 0.579. The standard InChI is InChI=1S/C12H20N2O/c1-9(2)6-11-8-15-12(14-11)7-10-4-3-5-13-10/h8-10,13H,3-7H2,1-2H3. The monoisotopic (exact) mass is 208 g/mol. The zero-order valence-corrected chi connectivity index (χ0v) is 9.62. The molecule has 1 unspecified atom stereocenters. The third kappa shape index (κ3) is 3.06. The molecular weight excluding hydrogens is 188 g/mol. The molecule has 1 fully saturated rings. The zero-order chi connectivity index (χ0) is 10.7. The lowest BCUT2D eigenvalue weighted by Gasteiger charge is -2.05. The molecule has 1 aromatic rings. The summed E-state index contributed by atoms with van der Waals surface area (Å²) >= 11 is 0. The molecule has 1 aliphatic heterocycles. The summed E-state index contributed by atoms with van der Waals surface area (Å²) in [6.07, 6.45) is 6.30. The quantitative estimate of drug-likeness (QED) is 0.824. The number of oxazole rings is 1. The number of aromatic nitrogens is 1. The van der Waals surface area contributed by atoms with Crippen molar-refractivity contribution in [2.45, 2.75) is 45.6 Å². The summed E-state index contributed by atoms with van der Waals surface area (Å²) in [5.41, 5.74) is 1.10. The van der Waals surface area contributed by atoms with Crippen LogP contribution in [0.3, 0.4) is 0 Å². The summed E-state index contributed by atoms with van der Waals surface area (Å²) < 4.78 is 5.48. The Bertz CT molecular complexity index is 300. The van der Waals surface area contributed by atoms with E-state index in [0.29, 0.717) is 12.0 Å². The lowest BCUT2D eigenvalue weighted by molar-refractivity contribution is 0.455. The van der Waals surface area contributed by atoms with Crippen molar-refractivity contribution >= 4 is 0 Å². The van der Waals surface area contributed by atoms with Crippen LogP contribution in [0.1, 0.15) is 38.3 Å². The second-order valence-corrected chi connectivity index (χ2v) is 4.83. The molecule has 84 valence electrons. The number of nitrogens with zero attached hydrogens (tertiary/aromatic N) is 1. The fourth-order valence-corrected chi connectivity index (χ4v) is 2.10. The molecular formula is C12H20N2O. The molecule has 0 amide bonds. The van der Waals surface area contributed by atoms with Gasteiger partial charge in [-0.1, -0.05) is 13.8 Å². The van der Waals surface area contributed by atoms with Crippen molar-refractivity contribution in [1.29, 1.82) is 0 Å². The molecule has 3 heteroatoms. The van der Waals surface area contributed by atoms with Crippen LogP contribution in [-0.2, 0) is 12.8 Å². The Hall–Kier alpha value is -0.830. The van der Waals surface area contributed by atoms with Crippen LogP contribution in [0, 0.1) is 5.92 Å². The molecule has 3 nitrogen and oxygen atoms in total. The second kappa shape index (κ2) is 4.79. The van der Waals surface area contributed by atoms with E-state index in [1.807, 2.05) is 6.26 Å². The molecule has 0 spiro atoms. The second-order valence-electron chi connectivity index (χ2n) is 4.83. The topological polar surface area (TPSA) is 38.1 Å². The minimum Gasteiger partial charge on any atom is -0.449 e. The smallest absolute Gasteiger partial charge is 0.195 e. The highest BCUT2D eigenvalue weighted by atomic mass is 16.3. The van der Waals surface area contributed by atoms with Crippen LogP contribution in [0.2, 0.25) is 0 Å². The molecule has 2 rings (SSSR count). The van der Waals surface area contributed by atoms with Crippen LogP contribution in [0.4, 0.5) is 0 Å². The highest BCUT2D eigenvalue weighted by molar-refractivity contribution is 4.99. The maximum absolute atomic E-state index is 5.48. The van der Waals surface area contributed by atoms with E-state index in [9.17, 15) is 0 Å². The van der Waals surface area contributed by atoms with Gasteiger partial charge in [-0.15, -0.1) is 0 Å². The van der Waals surface area contributed by atoms with Gasteiger partial charge in [0, 0.05) is 12.5 Å². The zero-order valence-electron chi connectivity index (χ0n) is 9.62. The summed E-state index contributed by atoms with van der Waals surface area (Å²) in [6, 6.07) is 0.579. The number of rotatable bonds is 4. The van der Waals surface area contributed by atoms with Crippen molar-refractivity contribution in [1.82, 2.24) is 10.3 Å². The fraction of sp³-hybridized carbons (Fsp3) is 0.750. The van der Waals surface area contributed by atoms with Crippen LogP contribution < -0.4 is 5.32 Å². The lowest BCUT2D eigenvalue weighted by atomic mass is 10.1. The van der Waals surface area contributed by atoms with Crippen LogP contribution in [0.25, 0.3) is 0 Å². The van der Waals surface area contributed by atoms with E-state index >= 15 is 0 Å². The van der Waals surface area contributed by atoms with E-state index in [-0.39, 0.29) is 0 Å². The minimum absolute atomic E-state index is 0.579. The number of nitrogens with one attached hydrogen (secondary N) is 1. The molecule has 0 radical (unpaired) electrons. The molecule has 0 saturated carbocycles.